The Balaban J connectivity index is 2.25. The molecule has 0 fully saturated rings. The van der Waals surface area contributed by atoms with E-state index in [0.29, 0.717) is 5.56 Å². The van der Waals surface area contributed by atoms with E-state index in [0.717, 1.165) is 21.3 Å². The minimum Gasteiger partial charge on any atom is -0.320 e. The molecule has 1 amide bonds. The van der Waals surface area contributed by atoms with Crippen LogP contribution in [-0.4, -0.2) is 10.9 Å². The number of nitrogens with one attached hydrogen (secondary N) is 1. The Kier molecular flexibility index (Phi) is 3.77. The number of anilines is 1. The van der Waals surface area contributed by atoms with E-state index >= 15 is 0 Å². The molecule has 1 aromatic carbocycles. The average molecular weight is 305 g/mol. The minimum absolute atomic E-state index is 0.129. The van der Waals surface area contributed by atoms with Gasteiger partial charge in [0.15, 0.2) is 0 Å². The first kappa shape index (κ1) is 12.8. The summed E-state index contributed by atoms with van der Waals surface area (Å²) in [4.78, 5) is 16.1. The summed E-state index contributed by atoms with van der Waals surface area (Å²) in [5, 5.41) is 2.86. The van der Waals surface area contributed by atoms with Crippen LogP contribution >= 0.6 is 15.9 Å². The molecule has 0 aliphatic heterocycles. The van der Waals surface area contributed by atoms with E-state index < -0.39 is 0 Å². The van der Waals surface area contributed by atoms with E-state index in [2.05, 4.69) is 26.2 Å². The van der Waals surface area contributed by atoms with Gasteiger partial charge in [-0.05, 0) is 49.2 Å². The lowest BCUT2D eigenvalue weighted by Crippen LogP contribution is -2.13. The van der Waals surface area contributed by atoms with E-state index in [9.17, 15) is 4.79 Å². The van der Waals surface area contributed by atoms with Crippen molar-refractivity contribution in [2.75, 3.05) is 5.32 Å². The van der Waals surface area contributed by atoms with Gasteiger partial charge in [0.1, 0.15) is 0 Å². The summed E-state index contributed by atoms with van der Waals surface area (Å²) in [6.07, 6.45) is 3.35. The van der Waals surface area contributed by atoms with Gasteiger partial charge in [-0.25, -0.2) is 0 Å². The number of amides is 1. The molecule has 0 spiro atoms. The van der Waals surface area contributed by atoms with Gasteiger partial charge in [-0.15, -0.1) is 0 Å². The highest BCUT2D eigenvalue weighted by Crippen LogP contribution is 2.18. The molecule has 0 saturated carbocycles. The molecule has 1 N–H and O–H groups in total. The van der Waals surface area contributed by atoms with Crippen LogP contribution in [0.15, 0.2) is 41.1 Å². The van der Waals surface area contributed by atoms with Gasteiger partial charge in [0.25, 0.3) is 5.91 Å². The van der Waals surface area contributed by atoms with Gasteiger partial charge in [-0.1, -0.05) is 15.9 Å². The molecule has 2 rings (SSSR count). The molecule has 18 heavy (non-hydrogen) atoms. The van der Waals surface area contributed by atoms with Crippen LogP contribution in [-0.2, 0) is 0 Å². The maximum atomic E-state index is 12.1. The van der Waals surface area contributed by atoms with Crippen molar-refractivity contribution in [1.29, 1.82) is 0 Å². The van der Waals surface area contributed by atoms with E-state index in [1.807, 2.05) is 32.0 Å². The molecule has 3 nitrogen and oxygen atoms in total. The largest absolute Gasteiger partial charge is 0.320 e. The van der Waals surface area contributed by atoms with Gasteiger partial charge in [0, 0.05) is 16.2 Å². The van der Waals surface area contributed by atoms with Crippen LogP contribution in [0.4, 0.5) is 5.69 Å². The third kappa shape index (κ3) is 2.96. The fourth-order valence-corrected chi connectivity index (χ4v) is 2.26. The predicted octanol–water partition coefficient (Wildman–Crippen LogP) is 3.71. The van der Waals surface area contributed by atoms with Crippen LogP contribution in [0.5, 0.6) is 0 Å². The lowest BCUT2D eigenvalue weighted by Gasteiger charge is -2.08. The number of rotatable bonds is 2. The first-order valence-corrected chi connectivity index (χ1v) is 6.35. The van der Waals surface area contributed by atoms with Crippen LogP contribution < -0.4 is 5.32 Å². The molecule has 0 atom stereocenters. The van der Waals surface area contributed by atoms with Crippen molar-refractivity contribution in [2.24, 2.45) is 0 Å². The zero-order chi connectivity index (χ0) is 13.1. The zero-order valence-electron chi connectivity index (χ0n) is 10.2. The highest BCUT2D eigenvalue weighted by atomic mass is 79.9. The average Bonchev–Trinajstić information content (AvgIpc) is 2.31. The topological polar surface area (TPSA) is 42.0 Å². The van der Waals surface area contributed by atoms with Gasteiger partial charge in [0.2, 0.25) is 0 Å². The second-order valence-corrected chi connectivity index (χ2v) is 5.08. The molecular formula is C14H13BrN2O. The molecule has 0 unspecified atom stereocenters. The van der Waals surface area contributed by atoms with Crippen LogP contribution in [0.25, 0.3) is 0 Å². The van der Waals surface area contributed by atoms with Crippen molar-refractivity contribution in [3.8, 4) is 0 Å². The quantitative estimate of drug-likeness (QED) is 0.919. The van der Waals surface area contributed by atoms with E-state index in [1.54, 1.807) is 18.5 Å². The molecule has 0 radical (unpaired) electrons. The Morgan fingerprint density at radius 1 is 1.28 bits per heavy atom. The van der Waals surface area contributed by atoms with Crippen molar-refractivity contribution in [1.82, 2.24) is 4.98 Å². The van der Waals surface area contributed by atoms with Gasteiger partial charge in [-0.2, -0.15) is 0 Å². The maximum absolute atomic E-state index is 12.1. The second-order valence-electron chi connectivity index (χ2n) is 4.16. The lowest BCUT2D eigenvalue weighted by atomic mass is 10.1. The Bertz CT molecular complexity index is 576. The molecule has 2 aromatic rings. The summed E-state index contributed by atoms with van der Waals surface area (Å²) in [6, 6.07) is 7.48. The lowest BCUT2D eigenvalue weighted by molar-refractivity contribution is 0.102. The standard InChI is InChI=1S/C14H13BrN2O/c1-9-5-11(7-12(15)6-9)14(18)17-13-8-16-4-3-10(13)2/h3-8H,1-2H3,(H,17,18). The summed E-state index contributed by atoms with van der Waals surface area (Å²) in [6.45, 7) is 3.89. The number of halogens is 1. The number of hydrogen-bond acceptors (Lipinski definition) is 2. The molecule has 0 aliphatic rings. The maximum Gasteiger partial charge on any atom is 0.255 e. The number of hydrogen-bond donors (Lipinski definition) is 1. The van der Waals surface area contributed by atoms with E-state index in [-0.39, 0.29) is 5.91 Å². The Labute approximate surface area is 114 Å². The van der Waals surface area contributed by atoms with Gasteiger partial charge >= 0.3 is 0 Å². The highest BCUT2D eigenvalue weighted by molar-refractivity contribution is 9.10. The van der Waals surface area contributed by atoms with Crippen molar-refractivity contribution in [2.45, 2.75) is 13.8 Å². The fraction of sp³-hybridized carbons (Fsp3) is 0.143. The number of benzene rings is 1. The minimum atomic E-state index is -0.129. The van der Waals surface area contributed by atoms with Gasteiger partial charge in [0.05, 0.1) is 11.9 Å². The summed E-state index contributed by atoms with van der Waals surface area (Å²) in [7, 11) is 0. The molecule has 0 aliphatic carbocycles. The summed E-state index contributed by atoms with van der Waals surface area (Å²) in [5.74, 6) is -0.129. The fourth-order valence-electron chi connectivity index (χ4n) is 1.66. The third-order valence-electron chi connectivity index (χ3n) is 2.59. The second kappa shape index (κ2) is 5.31. The predicted molar refractivity (Wildman–Crippen MR) is 75.8 cm³/mol. The van der Waals surface area contributed by atoms with Crippen molar-refractivity contribution in [3.05, 3.63) is 57.8 Å². The first-order valence-electron chi connectivity index (χ1n) is 5.55. The van der Waals surface area contributed by atoms with Crippen molar-refractivity contribution in [3.63, 3.8) is 0 Å². The molecule has 0 saturated heterocycles. The smallest absolute Gasteiger partial charge is 0.255 e. The first-order chi connectivity index (χ1) is 8.56. The Morgan fingerprint density at radius 3 is 2.72 bits per heavy atom. The van der Waals surface area contributed by atoms with Crippen LogP contribution in [0, 0.1) is 13.8 Å². The van der Waals surface area contributed by atoms with E-state index in [4.69, 9.17) is 0 Å². The molecule has 0 bridgehead atoms. The number of pyridine rings is 1. The Morgan fingerprint density at radius 2 is 2.06 bits per heavy atom. The van der Waals surface area contributed by atoms with Crippen LogP contribution in [0.3, 0.4) is 0 Å². The van der Waals surface area contributed by atoms with Crippen LogP contribution in [0.1, 0.15) is 21.5 Å². The highest BCUT2D eigenvalue weighted by Gasteiger charge is 2.08. The summed E-state index contributed by atoms with van der Waals surface area (Å²) >= 11 is 3.39. The zero-order valence-corrected chi connectivity index (χ0v) is 11.8. The van der Waals surface area contributed by atoms with E-state index in [1.165, 1.54) is 0 Å². The van der Waals surface area contributed by atoms with Crippen molar-refractivity contribution < 1.29 is 4.79 Å². The van der Waals surface area contributed by atoms with Crippen molar-refractivity contribution >= 4 is 27.5 Å². The monoisotopic (exact) mass is 304 g/mol. The molecule has 1 heterocycles. The van der Waals surface area contributed by atoms with Gasteiger partial charge < -0.3 is 5.32 Å². The number of carbonyl (C=O) groups excluding carboxylic acids is 1. The normalized spacial score (nSPS) is 10.2. The number of carbonyl (C=O) groups is 1. The molecule has 4 heteroatoms. The van der Waals surface area contributed by atoms with Gasteiger partial charge in [-0.3, -0.25) is 9.78 Å². The Hall–Kier alpha value is -1.68. The summed E-state index contributed by atoms with van der Waals surface area (Å²) in [5.41, 5.74) is 3.40. The molecular weight excluding hydrogens is 292 g/mol. The third-order valence-corrected chi connectivity index (χ3v) is 3.05. The number of aromatic nitrogens is 1. The van der Waals surface area contributed by atoms with Crippen LogP contribution in [0.2, 0.25) is 0 Å². The molecule has 92 valence electrons. The number of nitrogens with zero attached hydrogens (tertiary/aromatic N) is 1. The molecule has 1 aromatic heterocycles. The summed E-state index contributed by atoms with van der Waals surface area (Å²) < 4.78 is 0.899. The SMILES string of the molecule is Cc1cc(Br)cc(C(=O)Nc2cnccc2C)c1. The number of aryl methyl sites for hydroxylation is 2.